The van der Waals surface area contributed by atoms with Crippen molar-refractivity contribution in [2.75, 3.05) is 19.6 Å². The number of fused-ring (bicyclic) bond motifs is 2. The van der Waals surface area contributed by atoms with Crippen LogP contribution in [0.15, 0.2) is 36.4 Å². The van der Waals surface area contributed by atoms with E-state index >= 15 is 0 Å². The Morgan fingerprint density at radius 3 is 2.47 bits per heavy atom. The van der Waals surface area contributed by atoms with E-state index in [1.54, 1.807) is 0 Å². The number of allylic oxidation sites excluding steroid dienone is 1. The summed E-state index contributed by atoms with van der Waals surface area (Å²) in [5, 5.41) is 8.05. The van der Waals surface area contributed by atoms with Crippen LogP contribution < -0.4 is 0 Å². The number of carbonyl (C=O) groups is 3. The average Bonchev–Trinajstić information content (AvgIpc) is 3.70. The summed E-state index contributed by atoms with van der Waals surface area (Å²) in [5.41, 5.74) is 3.79. The summed E-state index contributed by atoms with van der Waals surface area (Å²) >= 11 is 0. The number of amides is 2. The first-order valence-electron chi connectivity index (χ1n) is 13.3. The first kappa shape index (κ1) is 26.2. The van der Waals surface area contributed by atoms with E-state index in [9.17, 15) is 14.4 Å². The molecule has 3 fully saturated rings. The fourth-order valence-corrected chi connectivity index (χ4v) is 6.19. The third kappa shape index (κ3) is 6.11. The fourth-order valence-electron chi connectivity index (χ4n) is 6.19. The van der Waals surface area contributed by atoms with Gasteiger partial charge in [-0.25, -0.2) is 4.79 Å². The third-order valence-electron chi connectivity index (χ3n) is 8.37. The molecular formula is C29H40N2O5. The van der Waals surface area contributed by atoms with Crippen LogP contribution in [-0.4, -0.2) is 59.1 Å². The highest BCUT2D eigenvalue weighted by Crippen LogP contribution is 2.42. The van der Waals surface area contributed by atoms with Gasteiger partial charge in [0.25, 0.3) is 0 Å². The van der Waals surface area contributed by atoms with Crippen molar-refractivity contribution in [1.29, 1.82) is 0 Å². The molecule has 0 aromatic heterocycles. The number of rotatable bonds is 4. The van der Waals surface area contributed by atoms with Crippen LogP contribution in [-0.2, 0) is 26.3 Å². The van der Waals surface area contributed by atoms with Crippen molar-refractivity contribution in [1.82, 2.24) is 9.80 Å². The predicted molar refractivity (Wildman–Crippen MR) is 137 cm³/mol. The van der Waals surface area contributed by atoms with Gasteiger partial charge in [0.15, 0.2) is 0 Å². The molecule has 2 heterocycles. The van der Waals surface area contributed by atoms with Crippen LogP contribution in [0, 0.1) is 17.8 Å². The Labute approximate surface area is 214 Å². The van der Waals surface area contributed by atoms with Gasteiger partial charge in [0.1, 0.15) is 6.10 Å². The minimum absolute atomic E-state index is 0.0185. The van der Waals surface area contributed by atoms with Crippen molar-refractivity contribution in [3.63, 3.8) is 0 Å². The maximum absolute atomic E-state index is 12.9. The van der Waals surface area contributed by atoms with Gasteiger partial charge >= 0.3 is 12.1 Å². The van der Waals surface area contributed by atoms with E-state index in [-0.39, 0.29) is 23.5 Å². The molecule has 7 nitrogen and oxygen atoms in total. The van der Waals surface area contributed by atoms with Gasteiger partial charge in [-0.15, -0.1) is 0 Å². The van der Waals surface area contributed by atoms with Crippen LogP contribution in [0.5, 0.6) is 0 Å². The second kappa shape index (κ2) is 11.1. The maximum atomic E-state index is 12.9. The van der Waals surface area contributed by atoms with Crippen LogP contribution >= 0.6 is 0 Å². The van der Waals surface area contributed by atoms with Crippen LogP contribution in [0.3, 0.4) is 0 Å². The molecule has 196 valence electrons. The van der Waals surface area contributed by atoms with Crippen molar-refractivity contribution >= 4 is 18.5 Å². The van der Waals surface area contributed by atoms with Crippen molar-refractivity contribution in [2.45, 2.75) is 76.9 Å². The zero-order valence-electron chi connectivity index (χ0n) is 21.7. The Bertz CT molecular complexity index is 980. The predicted octanol–water partition coefficient (Wildman–Crippen LogP) is 4.99. The first-order valence-corrected chi connectivity index (χ1v) is 13.3. The molecule has 1 saturated heterocycles. The van der Waals surface area contributed by atoms with Crippen molar-refractivity contribution in [2.24, 2.45) is 17.8 Å². The van der Waals surface area contributed by atoms with Crippen LogP contribution in [0.2, 0.25) is 0 Å². The summed E-state index contributed by atoms with van der Waals surface area (Å²) in [6, 6.07) is 8.44. The van der Waals surface area contributed by atoms with Crippen LogP contribution in [0.4, 0.5) is 4.79 Å². The lowest BCUT2D eigenvalue weighted by molar-refractivity contribution is -0.138. The SMILES string of the molecule is C=C1CC(C)CC(C(C)OC(=O)N2CCC3(CC2)CN(C=O)Cc2ccccc23)C1.O=C(O)C1CC1. The Morgan fingerprint density at radius 2 is 1.89 bits per heavy atom. The Balaban J connectivity index is 0.000000445. The summed E-state index contributed by atoms with van der Waals surface area (Å²) in [7, 11) is 0. The molecular weight excluding hydrogens is 456 g/mol. The molecule has 4 aliphatic rings. The number of carboxylic acid groups (broad SMARTS) is 1. The zero-order chi connectivity index (χ0) is 25.9. The molecule has 1 aromatic rings. The highest BCUT2D eigenvalue weighted by molar-refractivity contribution is 5.72. The number of aliphatic carboxylic acids is 1. The number of nitrogens with zero attached hydrogens (tertiary/aromatic N) is 2. The smallest absolute Gasteiger partial charge is 0.410 e. The lowest BCUT2D eigenvalue weighted by atomic mass is 9.69. The molecule has 1 N–H and O–H groups in total. The monoisotopic (exact) mass is 496 g/mol. The van der Waals surface area contributed by atoms with E-state index in [0.717, 1.165) is 57.9 Å². The van der Waals surface area contributed by atoms with E-state index in [0.29, 0.717) is 31.5 Å². The molecule has 0 radical (unpaired) electrons. The molecule has 2 aliphatic heterocycles. The molecule has 3 atom stereocenters. The number of carboxylic acids is 1. The van der Waals surface area contributed by atoms with E-state index in [1.807, 2.05) is 22.8 Å². The minimum atomic E-state index is -0.630. The molecule has 1 spiro atoms. The molecule has 2 saturated carbocycles. The normalized spacial score (nSPS) is 25.8. The van der Waals surface area contributed by atoms with Gasteiger partial charge in [0.05, 0.1) is 5.92 Å². The molecule has 36 heavy (non-hydrogen) atoms. The first-order chi connectivity index (χ1) is 17.2. The second-order valence-electron chi connectivity index (χ2n) is 11.4. The van der Waals surface area contributed by atoms with Gasteiger partial charge in [-0.1, -0.05) is 43.3 Å². The minimum Gasteiger partial charge on any atom is -0.481 e. The van der Waals surface area contributed by atoms with Crippen LogP contribution in [0.1, 0.15) is 69.9 Å². The summed E-state index contributed by atoms with van der Waals surface area (Å²) in [6.07, 6.45) is 7.32. The molecule has 7 heteroatoms. The number of benzene rings is 1. The van der Waals surface area contributed by atoms with Gasteiger partial charge in [0.2, 0.25) is 6.41 Å². The summed E-state index contributed by atoms with van der Waals surface area (Å²) in [6.45, 7) is 11.2. The van der Waals surface area contributed by atoms with E-state index in [1.165, 1.54) is 16.7 Å². The largest absolute Gasteiger partial charge is 0.481 e. The molecule has 2 amide bonds. The average molecular weight is 497 g/mol. The van der Waals surface area contributed by atoms with Crippen molar-refractivity contribution in [3.8, 4) is 0 Å². The van der Waals surface area contributed by atoms with Crippen molar-refractivity contribution < 1.29 is 24.2 Å². The Hall–Kier alpha value is -2.83. The Kier molecular flexibility index (Phi) is 8.06. The lowest BCUT2D eigenvalue weighted by Gasteiger charge is -2.47. The van der Waals surface area contributed by atoms with Crippen molar-refractivity contribution in [3.05, 3.63) is 47.5 Å². The Morgan fingerprint density at radius 1 is 1.19 bits per heavy atom. The van der Waals surface area contributed by atoms with Gasteiger partial charge in [-0.3, -0.25) is 9.59 Å². The van der Waals surface area contributed by atoms with Gasteiger partial charge in [-0.2, -0.15) is 0 Å². The quantitative estimate of drug-likeness (QED) is 0.469. The van der Waals surface area contributed by atoms with E-state index < -0.39 is 5.97 Å². The highest BCUT2D eigenvalue weighted by Gasteiger charge is 2.43. The number of hydrogen-bond donors (Lipinski definition) is 1. The topological polar surface area (TPSA) is 87.2 Å². The lowest BCUT2D eigenvalue weighted by Crippen LogP contribution is -2.53. The number of piperidine rings is 1. The molecule has 2 aliphatic carbocycles. The molecule has 5 rings (SSSR count). The summed E-state index contributed by atoms with van der Waals surface area (Å²) in [5.74, 6) is 0.368. The fraction of sp³-hybridized carbons (Fsp3) is 0.621. The third-order valence-corrected chi connectivity index (χ3v) is 8.37. The molecule has 0 bridgehead atoms. The van der Waals surface area contributed by atoms with E-state index in [4.69, 9.17) is 9.84 Å². The maximum Gasteiger partial charge on any atom is 0.410 e. The van der Waals surface area contributed by atoms with Gasteiger partial charge in [0, 0.05) is 31.6 Å². The number of likely N-dealkylation sites (tertiary alicyclic amines) is 1. The van der Waals surface area contributed by atoms with Gasteiger partial charge in [-0.05, 0) is 74.8 Å². The van der Waals surface area contributed by atoms with E-state index in [2.05, 4.69) is 31.7 Å². The summed E-state index contributed by atoms with van der Waals surface area (Å²) < 4.78 is 5.89. The molecule has 3 unspecified atom stereocenters. The summed E-state index contributed by atoms with van der Waals surface area (Å²) in [4.78, 5) is 37.9. The number of hydrogen-bond acceptors (Lipinski definition) is 4. The number of ether oxygens (including phenoxy) is 1. The highest BCUT2D eigenvalue weighted by atomic mass is 16.6. The standard InChI is InChI=1S/C25H34N2O3.C4H6O2/c1-18-12-19(2)14-22(13-18)20(3)30-24(29)27-10-8-25(9-11-27)16-26(17-28)15-21-6-4-5-7-23(21)25;5-4(6)3-1-2-3/h4-7,17,19-20,22H,1,8-16H2,2-3H3;3H,1-2H2,(H,5,6). The van der Waals surface area contributed by atoms with Gasteiger partial charge < -0.3 is 19.6 Å². The second-order valence-corrected chi connectivity index (χ2v) is 11.4. The molecule has 1 aromatic carbocycles. The van der Waals surface area contributed by atoms with Crippen LogP contribution in [0.25, 0.3) is 0 Å². The zero-order valence-corrected chi connectivity index (χ0v) is 21.7. The number of carbonyl (C=O) groups excluding carboxylic acids is 2.